The van der Waals surface area contributed by atoms with Crippen molar-refractivity contribution in [3.8, 4) is 0 Å². The fourth-order valence-corrected chi connectivity index (χ4v) is 2.13. The van der Waals surface area contributed by atoms with E-state index < -0.39 is 0 Å². The fourth-order valence-electron chi connectivity index (χ4n) is 1.46. The number of aromatic nitrogens is 5. The second-order valence-corrected chi connectivity index (χ2v) is 4.45. The Balaban J connectivity index is 1.71. The summed E-state index contributed by atoms with van der Waals surface area (Å²) in [6, 6.07) is 0. The van der Waals surface area contributed by atoms with Crippen LogP contribution in [0.5, 0.6) is 0 Å². The molecule has 0 unspecified atom stereocenters. The summed E-state index contributed by atoms with van der Waals surface area (Å²) in [4.78, 5) is 8.52. The molecule has 1 N–H and O–H groups in total. The Labute approximate surface area is 104 Å². The van der Waals surface area contributed by atoms with Crippen LogP contribution in [0.15, 0.2) is 6.33 Å². The van der Waals surface area contributed by atoms with Crippen molar-refractivity contribution in [3.63, 3.8) is 0 Å². The molecule has 2 aromatic heterocycles. The van der Waals surface area contributed by atoms with Crippen molar-refractivity contribution in [1.82, 2.24) is 24.1 Å². The van der Waals surface area contributed by atoms with Crippen LogP contribution in [-0.4, -0.2) is 30.7 Å². The first-order chi connectivity index (χ1) is 8.29. The second-order valence-electron chi connectivity index (χ2n) is 3.70. The molecule has 0 atom stereocenters. The number of anilines is 1. The SMILES string of the molecule is CCc1nsc(NCCCc2ncnn2C)n1. The number of nitrogens with zero attached hydrogens (tertiary/aromatic N) is 5. The monoisotopic (exact) mass is 252 g/mol. The van der Waals surface area contributed by atoms with Gasteiger partial charge in [0, 0.05) is 38.0 Å². The van der Waals surface area contributed by atoms with Crippen molar-refractivity contribution in [1.29, 1.82) is 0 Å². The molecule has 2 heterocycles. The molecule has 0 radical (unpaired) electrons. The van der Waals surface area contributed by atoms with E-state index in [2.05, 4.69) is 31.7 Å². The highest BCUT2D eigenvalue weighted by atomic mass is 32.1. The molecule has 0 spiro atoms. The van der Waals surface area contributed by atoms with E-state index in [1.807, 2.05) is 7.05 Å². The highest BCUT2D eigenvalue weighted by Gasteiger charge is 2.02. The van der Waals surface area contributed by atoms with Crippen LogP contribution in [0.4, 0.5) is 5.13 Å². The molecular weight excluding hydrogens is 236 g/mol. The van der Waals surface area contributed by atoms with E-state index in [9.17, 15) is 0 Å². The number of hydrogen-bond donors (Lipinski definition) is 1. The lowest BCUT2D eigenvalue weighted by atomic mass is 10.3. The average molecular weight is 252 g/mol. The number of nitrogens with one attached hydrogen (secondary N) is 1. The van der Waals surface area contributed by atoms with E-state index in [1.54, 1.807) is 11.0 Å². The normalized spacial score (nSPS) is 10.7. The second kappa shape index (κ2) is 5.72. The lowest BCUT2D eigenvalue weighted by Gasteiger charge is -2.01. The van der Waals surface area contributed by atoms with Gasteiger partial charge in [0.15, 0.2) is 0 Å². The summed E-state index contributed by atoms with van der Waals surface area (Å²) >= 11 is 1.42. The van der Waals surface area contributed by atoms with Crippen LogP contribution in [0.1, 0.15) is 25.0 Å². The van der Waals surface area contributed by atoms with Gasteiger partial charge < -0.3 is 5.32 Å². The van der Waals surface area contributed by atoms with Crippen LogP contribution in [-0.2, 0) is 19.9 Å². The molecule has 2 rings (SSSR count). The lowest BCUT2D eigenvalue weighted by Crippen LogP contribution is -2.06. The van der Waals surface area contributed by atoms with Gasteiger partial charge in [0.05, 0.1) is 0 Å². The predicted octanol–water partition coefficient (Wildman–Crippen LogP) is 1.27. The maximum absolute atomic E-state index is 4.34. The first-order valence-corrected chi connectivity index (χ1v) is 6.46. The summed E-state index contributed by atoms with van der Waals surface area (Å²) in [6.45, 7) is 2.94. The van der Waals surface area contributed by atoms with Gasteiger partial charge in [0.1, 0.15) is 18.0 Å². The third-order valence-corrected chi connectivity index (χ3v) is 3.15. The van der Waals surface area contributed by atoms with Gasteiger partial charge in [0.2, 0.25) is 5.13 Å². The zero-order valence-corrected chi connectivity index (χ0v) is 10.9. The van der Waals surface area contributed by atoms with Gasteiger partial charge in [-0.3, -0.25) is 4.68 Å². The number of aryl methyl sites for hydroxylation is 3. The summed E-state index contributed by atoms with van der Waals surface area (Å²) in [6.07, 6.45) is 4.40. The average Bonchev–Trinajstić information content (AvgIpc) is 2.94. The minimum atomic E-state index is 0.880. The van der Waals surface area contributed by atoms with Crippen molar-refractivity contribution in [2.45, 2.75) is 26.2 Å². The van der Waals surface area contributed by atoms with Crippen molar-refractivity contribution in [3.05, 3.63) is 18.0 Å². The molecule has 0 aliphatic rings. The Bertz CT molecular complexity index is 463. The van der Waals surface area contributed by atoms with Gasteiger partial charge >= 0.3 is 0 Å². The van der Waals surface area contributed by atoms with Crippen molar-refractivity contribution in [2.75, 3.05) is 11.9 Å². The van der Waals surface area contributed by atoms with E-state index in [1.165, 1.54) is 11.5 Å². The van der Waals surface area contributed by atoms with Crippen LogP contribution in [0.2, 0.25) is 0 Å². The van der Waals surface area contributed by atoms with Gasteiger partial charge in [-0.2, -0.15) is 9.47 Å². The fraction of sp³-hybridized carbons (Fsp3) is 0.600. The summed E-state index contributed by atoms with van der Waals surface area (Å²) in [5, 5.41) is 8.20. The van der Waals surface area contributed by atoms with Crippen LogP contribution >= 0.6 is 11.5 Å². The topological polar surface area (TPSA) is 68.5 Å². The molecule has 0 fully saturated rings. The third kappa shape index (κ3) is 3.23. The minimum absolute atomic E-state index is 0.880. The molecule has 0 saturated carbocycles. The molecule has 0 saturated heterocycles. The summed E-state index contributed by atoms with van der Waals surface area (Å²) < 4.78 is 6.02. The van der Waals surface area contributed by atoms with E-state index >= 15 is 0 Å². The molecule has 0 aliphatic carbocycles. The van der Waals surface area contributed by atoms with Crippen LogP contribution in [0.3, 0.4) is 0 Å². The maximum atomic E-state index is 4.34. The molecule has 7 heteroatoms. The first kappa shape index (κ1) is 12.0. The Morgan fingerprint density at radius 1 is 1.47 bits per heavy atom. The summed E-state index contributed by atoms with van der Waals surface area (Å²) in [5.74, 6) is 1.92. The molecule has 0 bridgehead atoms. The number of rotatable bonds is 6. The predicted molar refractivity (Wildman–Crippen MR) is 67.1 cm³/mol. The quantitative estimate of drug-likeness (QED) is 0.784. The highest BCUT2D eigenvalue weighted by molar-refractivity contribution is 7.09. The van der Waals surface area contributed by atoms with E-state index in [4.69, 9.17) is 0 Å². The molecule has 6 nitrogen and oxygen atoms in total. The highest BCUT2D eigenvalue weighted by Crippen LogP contribution is 2.11. The van der Waals surface area contributed by atoms with Crippen LogP contribution in [0, 0.1) is 0 Å². The smallest absolute Gasteiger partial charge is 0.202 e. The largest absolute Gasteiger partial charge is 0.360 e. The standard InChI is InChI=1S/C10H16N6S/c1-3-8-14-10(17-15-8)11-6-4-5-9-12-7-13-16(9)2/h7H,3-6H2,1-2H3,(H,11,14,15). The lowest BCUT2D eigenvalue weighted by molar-refractivity contribution is 0.679. The van der Waals surface area contributed by atoms with Crippen molar-refractivity contribution in [2.24, 2.45) is 7.05 Å². The van der Waals surface area contributed by atoms with E-state index in [-0.39, 0.29) is 0 Å². The van der Waals surface area contributed by atoms with Gasteiger partial charge in [-0.05, 0) is 6.42 Å². The van der Waals surface area contributed by atoms with Crippen molar-refractivity contribution >= 4 is 16.7 Å². The Kier molecular flexibility index (Phi) is 4.03. The summed E-state index contributed by atoms with van der Waals surface area (Å²) in [7, 11) is 1.91. The van der Waals surface area contributed by atoms with Crippen LogP contribution < -0.4 is 5.32 Å². The van der Waals surface area contributed by atoms with Gasteiger partial charge in [-0.1, -0.05) is 6.92 Å². The molecule has 0 aromatic carbocycles. The summed E-state index contributed by atoms with van der Waals surface area (Å²) in [5.41, 5.74) is 0. The molecule has 92 valence electrons. The molecule has 0 aliphatic heterocycles. The van der Waals surface area contributed by atoms with Crippen LogP contribution in [0.25, 0.3) is 0 Å². The Hall–Kier alpha value is -1.50. The third-order valence-electron chi connectivity index (χ3n) is 2.44. The Morgan fingerprint density at radius 2 is 2.35 bits per heavy atom. The zero-order valence-electron chi connectivity index (χ0n) is 10.1. The van der Waals surface area contributed by atoms with Crippen molar-refractivity contribution < 1.29 is 0 Å². The maximum Gasteiger partial charge on any atom is 0.202 e. The van der Waals surface area contributed by atoms with E-state index in [0.717, 1.165) is 42.6 Å². The molecule has 0 amide bonds. The number of hydrogen-bond acceptors (Lipinski definition) is 6. The molecular formula is C10H16N6S. The zero-order chi connectivity index (χ0) is 12.1. The van der Waals surface area contributed by atoms with Gasteiger partial charge in [-0.25, -0.2) is 9.97 Å². The van der Waals surface area contributed by atoms with Gasteiger partial charge in [0.25, 0.3) is 0 Å². The molecule has 2 aromatic rings. The van der Waals surface area contributed by atoms with Gasteiger partial charge in [-0.15, -0.1) is 0 Å². The Morgan fingerprint density at radius 3 is 3.00 bits per heavy atom. The first-order valence-electron chi connectivity index (χ1n) is 5.69. The molecule has 17 heavy (non-hydrogen) atoms. The minimum Gasteiger partial charge on any atom is -0.360 e. The van der Waals surface area contributed by atoms with E-state index in [0.29, 0.717) is 0 Å².